The number of nitrogens with one attached hydrogen (secondary N) is 2. The van der Waals surface area contributed by atoms with Crippen LogP contribution in [-0.4, -0.2) is 19.3 Å². The highest BCUT2D eigenvalue weighted by Crippen LogP contribution is 2.26. The van der Waals surface area contributed by atoms with Crippen molar-refractivity contribution in [1.29, 1.82) is 0 Å². The zero-order valence-electron chi connectivity index (χ0n) is 14.8. The van der Waals surface area contributed by atoms with E-state index in [9.17, 15) is 13.2 Å². The minimum atomic E-state index is -3.74. The lowest BCUT2D eigenvalue weighted by molar-refractivity contribution is 0.102. The fraction of sp³-hybridized carbons (Fsp3) is 0. The Labute approximate surface area is 176 Å². The Balaban J connectivity index is 1.46. The maximum atomic E-state index is 12.4. The Hall–Kier alpha value is -2.94. The molecule has 3 aromatic carbocycles. The van der Waals surface area contributed by atoms with Crippen molar-refractivity contribution < 1.29 is 13.2 Å². The largest absolute Gasteiger partial charge is 0.298 e. The number of amides is 1. The Bertz CT molecular complexity index is 1250. The average molecular weight is 444 g/mol. The smallest absolute Gasteiger partial charge is 0.261 e. The first-order chi connectivity index (χ1) is 13.9. The Kier molecular flexibility index (Phi) is 5.23. The van der Waals surface area contributed by atoms with Crippen molar-refractivity contribution in [3.05, 3.63) is 83.4 Å². The number of halogens is 1. The predicted octanol–water partition coefficient (Wildman–Crippen LogP) is 5.00. The van der Waals surface area contributed by atoms with Crippen LogP contribution in [0.4, 0.5) is 10.8 Å². The molecule has 1 aromatic heterocycles. The van der Waals surface area contributed by atoms with Gasteiger partial charge in [0, 0.05) is 16.3 Å². The molecule has 4 aromatic rings. The average Bonchev–Trinajstić information content (AvgIpc) is 3.11. The van der Waals surface area contributed by atoms with Crippen molar-refractivity contribution in [1.82, 2.24) is 4.98 Å². The molecule has 29 heavy (non-hydrogen) atoms. The van der Waals surface area contributed by atoms with Gasteiger partial charge in [-0.15, -0.1) is 0 Å². The highest BCUT2D eigenvalue weighted by Gasteiger charge is 2.15. The van der Waals surface area contributed by atoms with Crippen molar-refractivity contribution in [3.63, 3.8) is 0 Å². The summed E-state index contributed by atoms with van der Waals surface area (Å²) in [7, 11) is -3.74. The zero-order valence-corrected chi connectivity index (χ0v) is 17.2. The van der Waals surface area contributed by atoms with E-state index in [0.29, 0.717) is 21.4 Å². The summed E-state index contributed by atoms with van der Waals surface area (Å²) >= 11 is 7.18. The minimum absolute atomic E-state index is 0.0968. The van der Waals surface area contributed by atoms with Gasteiger partial charge >= 0.3 is 0 Å². The molecule has 0 bridgehead atoms. The molecule has 0 saturated carbocycles. The predicted molar refractivity (Wildman–Crippen MR) is 116 cm³/mol. The van der Waals surface area contributed by atoms with Crippen LogP contribution in [0.5, 0.6) is 0 Å². The van der Waals surface area contributed by atoms with Gasteiger partial charge in [0.2, 0.25) is 0 Å². The number of hydrogen-bond acceptors (Lipinski definition) is 5. The van der Waals surface area contributed by atoms with Gasteiger partial charge in [-0.3, -0.25) is 14.8 Å². The topological polar surface area (TPSA) is 88.2 Å². The third-order valence-corrected chi connectivity index (χ3v) is 6.64. The van der Waals surface area contributed by atoms with Crippen molar-refractivity contribution in [2.75, 3.05) is 10.0 Å². The molecular formula is C20H14ClN3O3S2. The number of rotatable bonds is 5. The van der Waals surface area contributed by atoms with Crippen LogP contribution in [0.2, 0.25) is 5.02 Å². The number of anilines is 2. The van der Waals surface area contributed by atoms with Crippen LogP contribution in [0.1, 0.15) is 10.4 Å². The molecule has 9 heteroatoms. The lowest BCUT2D eigenvalue weighted by atomic mass is 10.2. The Morgan fingerprint density at radius 1 is 0.931 bits per heavy atom. The highest BCUT2D eigenvalue weighted by atomic mass is 35.5. The summed E-state index contributed by atoms with van der Waals surface area (Å²) in [5.74, 6) is -0.323. The molecule has 0 radical (unpaired) electrons. The summed E-state index contributed by atoms with van der Waals surface area (Å²) in [4.78, 5) is 16.9. The molecule has 0 saturated heterocycles. The molecule has 0 aliphatic carbocycles. The molecule has 4 rings (SSSR count). The number of carbonyl (C=O) groups excluding carboxylic acids is 1. The summed E-state index contributed by atoms with van der Waals surface area (Å²) in [6.07, 6.45) is 0. The molecule has 2 N–H and O–H groups in total. The van der Waals surface area contributed by atoms with Crippen LogP contribution in [0, 0.1) is 0 Å². The zero-order chi connectivity index (χ0) is 20.4. The van der Waals surface area contributed by atoms with Crippen molar-refractivity contribution in [2.45, 2.75) is 4.90 Å². The minimum Gasteiger partial charge on any atom is -0.298 e. The number of hydrogen-bond donors (Lipinski definition) is 2. The first-order valence-corrected chi connectivity index (χ1v) is 11.1. The lowest BCUT2D eigenvalue weighted by Gasteiger charge is -2.09. The molecule has 0 fully saturated rings. The van der Waals surface area contributed by atoms with Crippen molar-refractivity contribution in [3.8, 4) is 0 Å². The van der Waals surface area contributed by atoms with Gasteiger partial charge in [0.05, 0.1) is 15.1 Å². The van der Waals surface area contributed by atoms with Gasteiger partial charge in [0.25, 0.3) is 15.9 Å². The highest BCUT2D eigenvalue weighted by molar-refractivity contribution is 7.92. The van der Waals surface area contributed by atoms with Crippen LogP contribution in [0.15, 0.2) is 77.7 Å². The number of benzene rings is 3. The summed E-state index contributed by atoms with van der Waals surface area (Å²) in [6.45, 7) is 0. The first-order valence-electron chi connectivity index (χ1n) is 8.46. The van der Waals surface area contributed by atoms with E-state index >= 15 is 0 Å². The molecule has 0 atom stereocenters. The van der Waals surface area contributed by atoms with Gasteiger partial charge in [0.15, 0.2) is 5.13 Å². The number of sulfonamides is 1. The molecule has 146 valence electrons. The van der Waals surface area contributed by atoms with E-state index in [1.54, 1.807) is 12.1 Å². The van der Waals surface area contributed by atoms with Gasteiger partial charge in [0.1, 0.15) is 0 Å². The SMILES string of the molecule is O=C(Nc1nc2ccccc2s1)c1ccc(NS(=O)(=O)c2ccc(Cl)cc2)cc1. The summed E-state index contributed by atoms with van der Waals surface area (Å²) in [6, 6.07) is 19.6. The van der Waals surface area contributed by atoms with Crippen LogP contribution in [0.25, 0.3) is 10.2 Å². The Morgan fingerprint density at radius 3 is 2.31 bits per heavy atom. The maximum Gasteiger partial charge on any atom is 0.261 e. The van der Waals surface area contributed by atoms with E-state index in [1.165, 1.54) is 47.7 Å². The lowest BCUT2D eigenvalue weighted by Crippen LogP contribution is -2.14. The molecule has 0 unspecified atom stereocenters. The third-order valence-electron chi connectivity index (χ3n) is 4.04. The molecule has 0 spiro atoms. The number of carbonyl (C=O) groups is 1. The van der Waals surface area contributed by atoms with E-state index < -0.39 is 10.0 Å². The standard InChI is InChI=1S/C20H14ClN3O3S2/c21-14-7-11-16(12-8-14)29(26,27)24-15-9-5-13(6-10-15)19(25)23-20-22-17-3-1-2-4-18(17)28-20/h1-12,24H,(H,22,23,25). The molecule has 0 aliphatic rings. The fourth-order valence-electron chi connectivity index (χ4n) is 2.61. The second-order valence-electron chi connectivity index (χ2n) is 6.08. The summed E-state index contributed by atoms with van der Waals surface area (Å²) in [5, 5.41) is 3.72. The maximum absolute atomic E-state index is 12.4. The fourth-order valence-corrected chi connectivity index (χ4v) is 4.66. The van der Waals surface area contributed by atoms with Gasteiger partial charge in [-0.2, -0.15) is 0 Å². The van der Waals surface area contributed by atoms with Gasteiger partial charge in [-0.05, 0) is 60.7 Å². The quantitative estimate of drug-likeness (QED) is 0.454. The van der Waals surface area contributed by atoms with Crippen molar-refractivity contribution in [2.24, 2.45) is 0 Å². The van der Waals surface area contributed by atoms with Gasteiger partial charge < -0.3 is 0 Å². The third kappa shape index (κ3) is 4.40. The Morgan fingerprint density at radius 2 is 1.62 bits per heavy atom. The second kappa shape index (κ2) is 7.82. The van der Waals surface area contributed by atoms with E-state index in [2.05, 4.69) is 15.0 Å². The van der Waals surface area contributed by atoms with Gasteiger partial charge in [-0.25, -0.2) is 13.4 Å². The molecule has 1 amide bonds. The molecule has 1 heterocycles. The molecular weight excluding hydrogens is 430 g/mol. The second-order valence-corrected chi connectivity index (χ2v) is 9.23. The number of aromatic nitrogens is 1. The van der Waals surface area contributed by atoms with Crippen molar-refractivity contribution >= 4 is 59.9 Å². The van der Waals surface area contributed by atoms with Crippen LogP contribution >= 0.6 is 22.9 Å². The van der Waals surface area contributed by atoms with Crippen LogP contribution in [-0.2, 0) is 10.0 Å². The monoisotopic (exact) mass is 443 g/mol. The normalized spacial score (nSPS) is 11.3. The molecule has 0 aliphatic heterocycles. The number of thiazole rings is 1. The van der Waals surface area contributed by atoms with Crippen LogP contribution < -0.4 is 10.0 Å². The summed E-state index contributed by atoms with van der Waals surface area (Å²) in [5.41, 5.74) is 1.55. The molecule has 6 nitrogen and oxygen atoms in total. The van der Waals surface area contributed by atoms with E-state index in [1.807, 2.05) is 24.3 Å². The van der Waals surface area contributed by atoms with Crippen LogP contribution in [0.3, 0.4) is 0 Å². The van der Waals surface area contributed by atoms with E-state index in [-0.39, 0.29) is 10.8 Å². The van der Waals surface area contributed by atoms with E-state index in [4.69, 9.17) is 11.6 Å². The van der Waals surface area contributed by atoms with Gasteiger partial charge in [-0.1, -0.05) is 35.1 Å². The number of para-hydroxylation sites is 1. The number of fused-ring (bicyclic) bond motifs is 1. The summed E-state index contributed by atoms with van der Waals surface area (Å²) < 4.78 is 28.3. The first kappa shape index (κ1) is 19.4. The van der Waals surface area contributed by atoms with E-state index in [0.717, 1.165) is 10.2 Å². The number of nitrogens with zero attached hydrogens (tertiary/aromatic N) is 1.